The van der Waals surface area contributed by atoms with Crippen LogP contribution in [-0.2, 0) is 0 Å². The number of nitro groups is 1. The van der Waals surface area contributed by atoms with Gasteiger partial charge in [0.05, 0.1) is 4.92 Å². The molecule has 0 aromatic heterocycles. The Morgan fingerprint density at radius 3 is 2.79 bits per heavy atom. The van der Waals surface area contributed by atoms with E-state index in [9.17, 15) is 15.2 Å². The first kappa shape index (κ1) is 8.80. The first-order chi connectivity index (χ1) is 6.66. The van der Waals surface area contributed by atoms with Gasteiger partial charge in [-0.05, 0) is 18.9 Å². The summed E-state index contributed by atoms with van der Waals surface area (Å²) in [4.78, 5) is 10.2. The molecule has 0 aliphatic heterocycles. The lowest BCUT2D eigenvalue weighted by atomic mass is 10.2. The van der Waals surface area contributed by atoms with Crippen molar-refractivity contribution in [2.24, 2.45) is 0 Å². The molecule has 0 amide bonds. The molecule has 2 N–H and O–H groups in total. The number of anilines is 1. The van der Waals surface area contributed by atoms with Crippen LogP contribution >= 0.6 is 0 Å². The molecule has 1 saturated carbocycles. The van der Waals surface area contributed by atoms with Crippen molar-refractivity contribution >= 4 is 11.4 Å². The van der Waals surface area contributed by atoms with E-state index in [1.165, 1.54) is 18.2 Å². The fraction of sp³-hybridized carbons (Fsp3) is 0.333. The largest absolute Gasteiger partial charge is 0.508 e. The molecule has 0 heterocycles. The van der Waals surface area contributed by atoms with Crippen molar-refractivity contribution in [1.82, 2.24) is 0 Å². The van der Waals surface area contributed by atoms with Crippen LogP contribution in [0.4, 0.5) is 11.4 Å². The quantitative estimate of drug-likeness (QED) is 0.569. The molecule has 2 rings (SSSR count). The topological polar surface area (TPSA) is 75.4 Å². The zero-order valence-electron chi connectivity index (χ0n) is 7.43. The van der Waals surface area contributed by atoms with Gasteiger partial charge in [-0.2, -0.15) is 0 Å². The second kappa shape index (κ2) is 3.17. The minimum absolute atomic E-state index is 0.00898. The van der Waals surface area contributed by atoms with Gasteiger partial charge in [0.2, 0.25) is 0 Å². The third kappa shape index (κ3) is 1.76. The number of hydrogen-bond donors (Lipinski definition) is 2. The fourth-order valence-corrected chi connectivity index (χ4v) is 1.25. The summed E-state index contributed by atoms with van der Waals surface area (Å²) in [5.74, 6) is 0.0405. The number of phenolic OH excluding ortho intramolecular Hbond substituents is 1. The molecule has 5 nitrogen and oxygen atoms in total. The molecule has 1 aromatic rings. The summed E-state index contributed by atoms with van der Waals surface area (Å²) in [6.45, 7) is 0. The summed E-state index contributed by atoms with van der Waals surface area (Å²) < 4.78 is 0. The highest BCUT2D eigenvalue weighted by Crippen LogP contribution is 2.32. The van der Waals surface area contributed by atoms with E-state index in [4.69, 9.17) is 0 Å². The van der Waals surface area contributed by atoms with Crippen LogP contribution in [-0.4, -0.2) is 16.1 Å². The summed E-state index contributed by atoms with van der Waals surface area (Å²) in [5.41, 5.74) is 0.409. The molecule has 1 aromatic carbocycles. The van der Waals surface area contributed by atoms with Crippen LogP contribution < -0.4 is 5.32 Å². The molecule has 0 saturated heterocycles. The number of rotatable bonds is 3. The van der Waals surface area contributed by atoms with Gasteiger partial charge in [-0.15, -0.1) is 0 Å². The molecule has 0 spiro atoms. The van der Waals surface area contributed by atoms with Crippen molar-refractivity contribution in [3.05, 3.63) is 28.3 Å². The molecule has 1 aliphatic carbocycles. The summed E-state index contributed by atoms with van der Waals surface area (Å²) in [6, 6.07) is 4.34. The van der Waals surface area contributed by atoms with Gasteiger partial charge in [0, 0.05) is 18.2 Å². The van der Waals surface area contributed by atoms with Crippen LogP contribution in [0, 0.1) is 10.1 Å². The predicted octanol–water partition coefficient (Wildman–Crippen LogP) is 1.87. The van der Waals surface area contributed by atoms with Gasteiger partial charge in [0.25, 0.3) is 5.69 Å². The predicted molar refractivity (Wildman–Crippen MR) is 51.4 cm³/mol. The van der Waals surface area contributed by atoms with Crippen molar-refractivity contribution < 1.29 is 10.0 Å². The maximum Gasteiger partial charge on any atom is 0.292 e. The Labute approximate surface area is 80.5 Å². The van der Waals surface area contributed by atoms with Crippen LogP contribution in [0.3, 0.4) is 0 Å². The van der Waals surface area contributed by atoms with Crippen LogP contribution in [0.25, 0.3) is 0 Å². The highest BCUT2D eigenvalue weighted by Gasteiger charge is 2.24. The molecule has 0 bridgehead atoms. The minimum atomic E-state index is -0.454. The van der Waals surface area contributed by atoms with Gasteiger partial charge >= 0.3 is 0 Å². The molecule has 0 atom stereocenters. The third-order valence-corrected chi connectivity index (χ3v) is 2.11. The average Bonchev–Trinajstić information content (AvgIpc) is 2.87. The van der Waals surface area contributed by atoms with Gasteiger partial charge in [0.1, 0.15) is 11.4 Å². The number of phenols is 1. The van der Waals surface area contributed by atoms with E-state index in [0.29, 0.717) is 11.7 Å². The highest BCUT2D eigenvalue weighted by atomic mass is 16.6. The smallest absolute Gasteiger partial charge is 0.292 e. The Kier molecular flexibility index (Phi) is 1.99. The lowest BCUT2D eigenvalue weighted by Crippen LogP contribution is -2.03. The summed E-state index contributed by atoms with van der Waals surface area (Å²) in [7, 11) is 0. The van der Waals surface area contributed by atoms with Gasteiger partial charge in [-0.3, -0.25) is 10.1 Å². The van der Waals surface area contributed by atoms with Gasteiger partial charge in [-0.25, -0.2) is 0 Å². The zero-order valence-corrected chi connectivity index (χ0v) is 7.43. The lowest BCUT2D eigenvalue weighted by Gasteiger charge is -2.05. The van der Waals surface area contributed by atoms with E-state index in [-0.39, 0.29) is 11.4 Å². The summed E-state index contributed by atoms with van der Waals surface area (Å²) in [5, 5.41) is 22.8. The molecule has 1 aliphatic rings. The van der Waals surface area contributed by atoms with E-state index in [2.05, 4.69) is 5.32 Å². The first-order valence-electron chi connectivity index (χ1n) is 4.41. The number of hydrogen-bond acceptors (Lipinski definition) is 4. The summed E-state index contributed by atoms with van der Waals surface area (Å²) >= 11 is 0. The Morgan fingerprint density at radius 2 is 2.21 bits per heavy atom. The molecular weight excluding hydrogens is 184 g/mol. The Bertz CT molecular complexity index is 374. The molecule has 5 heteroatoms. The molecule has 14 heavy (non-hydrogen) atoms. The maximum absolute atomic E-state index is 10.6. The summed E-state index contributed by atoms with van der Waals surface area (Å²) in [6.07, 6.45) is 2.07. The maximum atomic E-state index is 10.6. The number of nitrogens with one attached hydrogen (secondary N) is 1. The van der Waals surface area contributed by atoms with Crippen molar-refractivity contribution in [3.63, 3.8) is 0 Å². The Morgan fingerprint density at radius 1 is 1.50 bits per heavy atom. The van der Waals surface area contributed by atoms with Crippen molar-refractivity contribution in [2.75, 3.05) is 5.32 Å². The molecule has 0 radical (unpaired) electrons. The SMILES string of the molecule is O=[N+]([O-])c1ccc(O)cc1NC1CC1. The van der Waals surface area contributed by atoms with E-state index < -0.39 is 4.92 Å². The van der Waals surface area contributed by atoms with Gasteiger partial charge in [0.15, 0.2) is 0 Å². The van der Waals surface area contributed by atoms with E-state index in [1.54, 1.807) is 0 Å². The van der Waals surface area contributed by atoms with Crippen molar-refractivity contribution in [2.45, 2.75) is 18.9 Å². The zero-order chi connectivity index (χ0) is 10.1. The van der Waals surface area contributed by atoms with Crippen LogP contribution in [0.5, 0.6) is 5.75 Å². The van der Waals surface area contributed by atoms with E-state index in [0.717, 1.165) is 12.8 Å². The number of nitro benzene ring substituents is 1. The number of aromatic hydroxyl groups is 1. The van der Waals surface area contributed by atoms with Gasteiger partial charge in [-0.1, -0.05) is 0 Å². The third-order valence-electron chi connectivity index (χ3n) is 2.11. The van der Waals surface area contributed by atoms with E-state index in [1.807, 2.05) is 0 Å². The lowest BCUT2D eigenvalue weighted by molar-refractivity contribution is -0.384. The molecule has 74 valence electrons. The normalized spacial score (nSPS) is 15.1. The second-order valence-electron chi connectivity index (χ2n) is 3.38. The second-order valence-corrected chi connectivity index (χ2v) is 3.38. The molecule has 1 fully saturated rings. The first-order valence-corrected chi connectivity index (χ1v) is 4.41. The van der Waals surface area contributed by atoms with Gasteiger partial charge < -0.3 is 10.4 Å². The average molecular weight is 194 g/mol. The molecular formula is C9H10N2O3. The van der Waals surface area contributed by atoms with Crippen LogP contribution in [0.1, 0.15) is 12.8 Å². The van der Waals surface area contributed by atoms with Crippen LogP contribution in [0.15, 0.2) is 18.2 Å². The Hall–Kier alpha value is -1.78. The Balaban J connectivity index is 2.31. The minimum Gasteiger partial charge on any atom is -0.508 e. The number of benzene rings is 1. The highest BCUT2D eigenvalue weighted by molar-refractivity contribution is 5.64. The van der Waals surface area contributed by atoms with Crippen molar-refractivity contribution in [1.29, 1.82) is 0 Å². The standard InChI is InChI=1S/C9H10N2O3/c12-7-3-4-9(11(13)14)8(5-7)10-6-1-2-6/h3-6,10,12H,1-2H2. The van der Waals surface area contributed by atoms with Crippen LogP contribution in [0.2, 0.25) is 0 Å². The fourth-order valence-electron chi connectivity index (χ4n) is 1.25. The van der Waals surface area contributed by atoms with E-state index >= 15 is 0 Å². The monoisotopic (exact) mass is 194 g/mol. The van der Waals surface area contributed by atoms with Crippen molar-refractivity contribution in [3.8, 4) is 5.75 Å². The molecule has 0 unspecified atom stereocenters. The number of nitrogens with zero attached hydrogens (tertiary/aromatic N) is 1.